The van der Waals surface area contributed by atoms with Crippen molar-refractivity contribution in [2.75, 3.05) is 0 Å². The summed E-state index contributed by atoms with van der Waals surface area (Å²) in [6.07, 6.45) is 6.80. The van der Waals surface area contributed by atoms with Gasteiger partial charge in [0, 0.05) is 5.56 Å². The highest BCUT2D eigenvalue weighted by atomic mass is 32.1. The number of thiophene rings is 1. The Morgan fingerprint density at radius 2 is 1.91 bits per heavy atom. The van der Waals surface area contributed by atoms with Crippen LogP contribution in [0.3, 0.4) is 0 Å². The lowest BCUT2D eigenvalue weighted by Gasteiger charge is -2.27. The Balaban J connectivity index is 1.54. The van der Waals surface area contributed by atoms with Crippen molar-refractivity contribution in [2.45, 2.75) is 83.8 Å². The first-order chi connectivity index (χ1) is 21.0. The number of ether oxygens (including phenoxy) is 2. The van der Waals surface area contributed by atoms with E-state index in [1.807, 2.05) is 0 Å². The lowest BCUT2D eigenvalue weighted by molar-refractivity contribution is -0.146. The first-order valence-electron chi connectivity index (χ1n) is 14.6. The Bertz CT molecular complexity index is 1800. The van der Waals surface area contributed by atoms with Crippen LogP contribution >= 0.6 is 11.3 Å². The second-order valence-corrected chi connectivity index (χ2v) is 13.1. The molecule has 10 nitrogen and oxygen atoms in total. The molecule has 0 amide bonds. The van der Waals surface area contributed by atoms with Crippen LogP contribution in [-0.2, 0) is 21.6 Å². The summed E-state index contributed by atoms with van der Waals surface area (Å²) < 4.78 is 46.0. The molecule has 0 bridgehead atoms. The fourth-order valence-corrected chi connectivity index (χ4v) is 8.06. The molecule has 234 valence electrons. The molecule has 4 aromatic rings. The molecule has 0 aliphatic heterocycles. The number of benzene rings is 1. The average Bonchev–Trinajstić information content (AvgIpc) is 3.75. The van der Waals surface area contributed by atoms with E-state index >= 15 is 0 Å². The van der Waals surface area contributed by atoms with Crippen LogP contribution in [0.1, 0.15) is 63.2 Å². The minimum atomic E-state index is -3.08. The summed E-state index contributed by atoms with van der Waals surface area (Å²) >= 11 is 1.11. The zero-order valence-electron chi connectivity index (χ0n) is 24.5. The summed E-state index contributed by atoms with van der Waals surface area (Å²) in [6.45, 7) is 0.971. The van der Waals surface area contributed by atoms with Crippen LogP contribution in [-0.4, -0.2) is 37.9 Å². The summed E-state index contributed by atoms with van der Waals surface area (Å²) in [7, 11) is 0. The molecule has 44 heavy (non-hydrogen) atoms. The smallest absolute Gasteiger partial charge is 0.387 e. The van der Waals surface area contributed by atoms with Crippen molar-refractivity contribution >= 4 is 27.5 Å². The van der Waals surface area contributed by atoms with Crippen molar-refractivity contribution < 1.29 is 32.6 Å². The third-order valence-electron chi connectivity index (χ3n) is 9.06. The van der Waals surface area contributed by atoms with Gasteiger partial charge in [0.15, 0.2) is 0 Å². The van der Waals surface area contributed by atoms with E-state index in [-0.39, 0.29) is 34.5 Å². The van der Waals surface area contributed by atoms with Crippen LogP contribution in [0.25, 0.3) is 21.0 Å². The van der Waals surface area contributed by atoms with E-state index in [4.69, 9.17) is 13.9 Å². The number of para-hydroxylation sites is 1. The number of fused-ring (bicyclic) bond motifs is 2. The van der Waals surface area contributed by atoms with Gasteiger partial charge in [-0.3, -0.25) is 9.36 Å². The molecule has 6 rings (SSSR count). The number of rotatable bonds is 10. The van der Waals surface area contributed by atoms with E-state index < -0.39 is 35.5 Å². The zero-order chi connectivity index (χ0) is 31.3. The number of aromatic nitrogens is 3. The molecule has 2 aliphatic rings. The van der Waals surface area contributed by atoms with Gasteiger partial charge in [-0.05, 0) is 57.1 Å². The summed E-state index contributed by atoms with van der Waals surface area (Å²) in [4.78, 5) is 45.4. The van der Waals surface area contributed by atoms with Gasteiger partial charge in [-0.2, -0.15) is 8.78 Å². The van der Waals surface area contributed by atoms with Gasteiger partial charge in [0.2, 0.25) is 5.89 Å². The maximum absolute atomic E-state index is 14.2. The van der Waals surface area contributed by atoms with Crippen LogP contribution in [0.2, 0.25) is 0 Å². The maximum atomic E-state index is 14.2. The summed E-state index contributed by atoms with van der Waals surface area (Å²) in [5.74, 6) is -0.151. The number of alkyl halides is 2. The van der Waals surface area contributed by atoms with Gasteiger partial charge in [0.25, 0.3) is 5.56 Å². The molecule has 13 heteroatoms. The predicted molar refractivity (Wildman–Crippen MR) is 158 cm³/mol. The Hall–Kier alpha value is -3.84. The van der Waals surface area contributed by atoms with Gasteiger partial charge >= 0.3 is 18.3 Å². The van der Waals surface area contributed by atoms with Gasteiger partial charge in [0.05, 0.1) is 29.1 Å². The topological polar surface area (TPSA) is 126 Å². The van der Waals surface area contributed by atoms with E-state index in [1.165, 1.54) is 43.4 Å². The number of nitrogens with zero attached hydrogens (tertiary/aromatic N) is 3. The number of carbonyl (C=O) groups is 1. The summed E-state index contributed by atoms with van der Waals surface area (Å²) in [5, 5.41) is 10.2. The Labute approximate surface area is 254 Å². The molecule has 1 N–H and O–H groups in total. The van der Waals surface area contributed by atoms with Crippen molar-refractivity contribution in [2.24, 2.45) is 11.8 Å². The molecule has 2 saturated carbocycles. The average molecular weight is 630 g/mol. The van der Waals surface area contributed by atoms with Crippen molar-refractivity contribution in [3.05, 3.63) is 68.7 Å². The number of aryl methyl sites for hydroxylation is 1. The number of carboxylic acid groups (broad SMARTS) is 1. The molecule has 3 heterocycles. The van der Waals surface area contributed by atoms with E-state index in [2.05, 4.69) is 4.98 Å². The van der Waals surface area contributed by atoms with Crippen molar-refractivity contribution in [1.29, 1.82) is 0 Å². The molecule has 1 unspecified atom stereocenters. The molecular formula is C31H33F2N3O7S. The normalized spacial score (nSPS) is 20.8. The van der Waals surface area contributed by atoms with E-state index in [9.17, 15) is 28.3 Å². The molecule has 2 aliphatic carbocycles. The number of hydrogen-bond acceptors (Lipinski definition) is 8. The fourth-order valence-electron chi connectivity index (χ4n) is 6.82. The second kappa shape index (κ2) is 11.6. The standard InChI is InChI=1S/C31H33F2N3O7S/c1-16-23-26(37)36(31(2,3)28(38)39)30(40)35(27(23)44-24(16)25-34-11-12-41-25)15-22(20-9-4-5-10-21(20)43-29(32)33)42-19-13-17-7-6-8-18(17)14-19/h4-5,9-12,17-19,22,29H,6-8,13-15H2,1-3H3,(H,38,39)/t17-,18+,19+,22?. The third kappa shape index (κ3) is 5.25. The molecule has 0 radical (unpaired) electrons. The maximum Gasteiger partial charge on any atom is 0.387 e. The SMILES string of the molecule is Cc1c(-c2ncco2)sc2c1c(=O)n(C(C)(C)C(=O)O)c(=O)n2CC(O[C@H]1C[C@H]2CCC[C@H]2C1)c1ccccc1OC(F)F. The highest BCUT2D eigenvalue weighted by Gasteiger charge is 2.40. The summed E-state index contributed by atoms with van der Waals surface area (Å²) in [5.41, 5.74) is -2.73. The number of carboxylic acids is 1. The number of oxazole rings is 1. The minimum absolute atomic E-state index is 0.0861. The van der Waals surface area contributed by atoms with Gasteiger partial charge in [-0.1, -0.05) is 37.5 Å². The molecule has 4 atom stereocenters. The van der Waals surface area contributed by atoms with Gasteiger partial charge in [-0.25, -0.2) is 19.1 Å². The molecule has 0 spiro atoms. The zero-order valence-corrected chi connectivity index (χ0v) is 25.3. The monoisotopic (exact) mass is 629 g/mol. The molecular weight excluding hydrogens is 596 g/mol. The largest absolute Gasteiger partial charge is 0.480 e. The van der Waals surface area contributed by atoms with Crippen molar-refractivity contribution in [3.63, 3.8) is 0 Å². The molecule has 0 saturated heterocycles. The van der Waals surface area contributed by atoms with Crippen LogP contribution in [0.15, 0.2) is 50.7 Å². The quantitative estimate of drug-likeness (QED) is 0.228. The number of hydrogen-bond donors (Lipinski definition) is 1. The minimum Gasteiger partial charge on any atom is -0.480 e. The lowest BCUT2D eigenvalue weighted by atomic mass is 10.0. The Morgan fingerprint density at radius 3 is 2.55 bits per heavy atom. The molecule has 3 aromatic heterocycles. The van der Waals surface area contributed by atoms with Crippen molar-refractivity contribution in [1.82, 2.24) is 14.1 Å². The van der Waals surface area contributed by atoms with Crippen LogP contribution < -0.4 is 16.0 Å². The van der Waals surface area contributed by atoms with Gasteiger partial charge in [-0.15, -0.1) is 11.3 Å². The molecule has 2 fully saturated rings. The molecule has 1 aromatic carbocycles. The van der Waals surface area contributed by atoms with Gasteiger partial charge in [0.1, 0.15) is 28.5 Å². The Morgan fingerprint density at radius 1 is 1.20 bits per heavy atom. The first-order valence-corrected chi connectivity index (χ1v) is 15.4. The highest BCUT2D eigenvalue weighted by Crippen LogP contribution is 2.47. The van der Waals surface area contributed by atoms with Crippen LogP contribution in [0.5, 0.6) is 5.75 Å². The van der Waals surface area contributed by atoms with Gasteiger partial charge < -0.3 is 19.0 Å². The predicted octanol–water partition coefficient (Wildman–Crippen LogP) is 5.95. The fraction of sp³-hybridized carbons (Fsp3) is 0.484. The Kier molecular flexibility index (Phi) is 7.95. The van der Waals surface area contributed by atoms with E-state index in [1.54, 1.807) is 25.1 Å². The van der Waals surface area contributed by atoms with Crippen LogP contribution in [0.4, 0.5) is 8.78 Å². The van der Waals surface area contributed by atoms with Crippen molar-refractivity contribution in [3.8, 4) is 16.5 Å². The number of aliphatic carboxylic acids is 1. The van der Waals surface area contributed by atoms with Crippen LogP contribution in [0, 0.1) is 18.8 Å². The van der Waals surface area contributed by atoms with E-state index in [0.717, 1.165) is 41.6 Å². The first kappa shape index (κ1) is 30.2. The summed E-state index contributed by atoms with van der Waals surface area (Å²) in [6, 6.07) is 6.29. The second-order valence-electron chi connectivity index (χ2n) is 12.1. The highest BCUT2D eigenvalue weighted by molar-refractivity contribution is 7.22. The lowest BCUT2D eigenvalue weighted by Crippen LogP contribution is -2.52. The number of halogens is 2. The van der Waals surface area contributed by atoms with E-state index in [0.29, 0.717) is 27.8 Å². The third-order valence-corrected chi connectivity index (χ3v) is 10.4.